The maximum Gasteiger partial charge on any atom is 0.293 e. The zero-order valence-electron chi connectivity index (χ0n) is 9.84. The number of carbonyl (C=O) groups excluding carboxylic acids is 1. The van der Waals surface area contributed by atoms with Gasteiger partial charge in [-0.1, -0.05) is 26.0 Å². The zero-order valence-corrected chi connectivity index (χ0v) is 9.84. The molecule has 0 bridgehead atoms. The Morgan fingerprint density at radius 2 is 2.18 bits per heavy atom. The van der Waals surface area contributed by atoms with Crippen LogP contribution in [0.5, 0.6) is 0 Å². The third kappa shape index (κ3) is 1.88. The number of fused-ring (bicyclic) bond motifs is 1. The Balaban J connectivity index is 2.49. The summed E-state index contributed by atoms with van der Waals surface area (Å²) < 4.78 is 0. The van der Waals surface area contributed by atoms with Crippen molar-refractivity contribution in [3.63, 3.8) is 0 Å². The monoisotopic (exact) mass is 234 g/mol. The van der Waals surface area contributed by atoms with E-state index in [1.54, 1.807) is 19.9 Å². The normalized spacial score (nSPS) is 13.9. The Morgan fingerprint density at radius 1 is 1.47 bits per heavy atom. The van der Waals surface area contributed by atoms with Crippen LogP contribution >= 0.6 is 0 Å². The summed E-state index contributed by atoms with van der Waals surface area (Å²) in [6.45, 7) is 4.14. The number of amides is 1. The minimum atomic E-state index is -0.426. The molecule has 1 heterocycles. The van der Waals surface area contributed by atoms with E-state index in [0.29, 0.717) is 18.7 Å². The Bertz CT molecular complexity index is 483. The predicted molar refractivity (Wildman–Crippen MR) is 64.0 cm³/mol. The van der Waals surface area contributed by atoms with Gasteiger partial charge in [0.25, 0.3) is 5.69 Å². The highest BCUT2D eigenvalue weighted by Gasteiger charge is 2.32. The average Bonchev–Trinajstić information content (AvgIpc) is 2.70. The lowest BCUT2D eigenvalue weighted by molar-refractivity contribution is -0.384. The molecular formula is C12H14N2O3. The van der Waals surface area contributed by atoms with E-state index in [4.69, 9.17) is 0 Å². The van der Waals surface area contributed by atoms with Gasteiger partial charge in [0.1, 0.15) is 5.69 Å². The molecule has 90 valence electrons. The first kappa shape index (κ1) is 11.6. The van der Waals surface area contributed by atoms with Gasteiger partial charge in [0.2, 0.25) is 5.91 Å². The number of rotatable bonds is 2. The molecule has 1 aliphatic rings. The van der Waals surface area contributed by atoms with E-state index >= 15 is 0 Å². The molecule has 0 saturated heterocycles. The molecule has 0 atom stereocenters. The summed E-state index contributed by atoms with van der Waals surface area (Å²) >= 11 is 0. The van der Waals surface area contributed by atoms with Gasteiger partial charge in [-0.3, -0.25) is 14.9 Å². The van der Waals surface area contributed by atoms with E-state index in [0.717, 1.165) is 5.56 Å². The van der Waals surface area contributed by atoms with E-state index in [2.05, 4.69) is 0 Å². The number of nitro groups is 1. The SMILES string of the molecule is CC(C)C(=O)N1CCc2cccc([N+](=O)[O-])c21. The smallest absolute Gasteiger partial charge is 0.293 e. The van der Waals surface area contributed by atoms with Crippen molar-refractivity contribution >= 4 is 17.3 Å². The van der Waals surface area contributed by atoms with Gasteiger partial charge in [0, 0.05) is 18.5 Å². The highest BCUT2D eigenvalue weighted by atomic mass is 16.6. The maximum absolute atomic E-state index is 12.0. The fourth-order valence-electron chi connectivity index (χ4n) is 2.11. The van der Waals surface area contributed by atoms with Crippen LogP contribution in [0.15, 0.2) is 18.2 Å². The number of benzene rings is 1. The second kappa shape index (κ2) is 4.16. The van der Waals surface area contributed by atoms with E-state index in [-0.39, 0.29) is 17.5 Å². The highest BCUT2D eigenvalue weighted by molar-refractivity contribution is 5.99. The van der Waals surface area contributed by atoms with Crippen LogP contribution < -0.4 is 4.90 Å². The van der Waals surface area contributed by atoms with Crippen LogP contribution in [0.1, 0.15) is 19.4 Å². The Kier molecular flexibility index (Phi) is 2.83. The molecule has 0 spiro atoms. The number of carbonyl (C=O) groups is 1. The second-order valence-corrected chi connectivity index (χ2v) is 4.44. The summed E-state index contributed by atoms with van der Waals surface area (Å²) in [5.74, 6) is -0.209. The summed E-state index contributed by atoms with van der Waals surface area (Å²) in [5.41, 5.74) is 1.39. The summed E-state index contributed by atoms with van der Waals surface area (Å²) in [6.07, 6.45) is 0.690. The van der Waals surface area contributed by atoms with Crippen molar-refractivity contribution in [2.45, 2.75) is 20.3 Å². The van der Waals surface area contributed by atoms with Crippen molar-refractivity contribution in [1.29, 1.82) is 0 Å². The molecule has 5 heteroatoms. The lowest BCUT2D eigenvalue weighted by Crippen LogP contribution is -2.32. The van der Waals surface area contributed by atoms with Crippen molar-refractivity contribution in [2.24, 2.45) is 5.92 Å². The van der Waals surface area contributed by atoms with Crippen LogP contribution in [-0.2, 0) is 11.2 Å². The summed E-state index contributed by atoms with van der Waals surface area (Å²) in [5, 5.41) is 11.0. The summed E-state index contributed by atoms with van der Waals surface area (Å²) in [4.78, 5) is 24.1. The van der Waals surface area contributed by atoms with Crippen LogP contribution in [0.2, 0.25) is 0 Å². The van der Waals surface area contributed by atoms with Crippen LogP contribution in [0.25, 0.3) is 0 Å². The standard InChI is InChI=1S/C12H14N2O3/c1-8(2)12(15)13-7-6-9-4-3-5-10(11(9)13)14(16)17/h3-5,8H,6-7H2,1-2H3. The number of para-hydroxylation sites is 1. The van der Waals surface area contributed by atoms with Gasteiger partial charge in [-0.05, 0) is 12.0 Å². The van der Waals surface area contributed by atoms with Crippen molar-refractivity contribution in [2.75, 3.05) is 11.4 Å². The molecule has 0 saturated carbocycles. The maximum atomic E-state index is 12.0. The first-order chi connectivity index (χ1) is 8.02. The molecule has 1 amide bonds. The number of hydrogen-bond donors (Lipinski definition) is 0. The van der Waals surface area contributed by atoms with Gasteiger partial charge < -0.3 is 4.90 Å². The topological polar surface area (TPSA) is 63.5 Å². The van der Waals surface area contributed by atoms with Crippen molar-refractivity contribution in [1.82, 2.24) is 0 Å². The largest absolute Gasteiger partial charge is 0.306 e. The lowest BCUT2D eigenvalue weighted by Gasteiger charge is -2.19. The number of anilines is 1. The van der Waals surface area contributed by atoms with Crippen molar-refractivity contribution < 1.29 is 9.72 Å². The van der Waals surface area contributed by atoms with Gasteiger partial charge in [0.15, 0.2) is 0 Å². The van der Waals surface area contributed by atoms with Crippen LogP contribution in [-0.4, -0.2) is 17.4 Å². The van der Waals surface area contributed by atoms with Crippen molar-refractivity contribution in [3.05, 3.63) is 33.9 Å². The molecule has 0 radical (unpaired) electrons. The number of nitro benzene ring substituents is 1. The van der Waals surface area contributed by atoms with E-state index < -0.39 is 4.92 Å². The van der Waals surface area contributed by atoms with Crippen LogP contribution in [0.4, 0.5) is 11.4 Å². The van der Waals surface area contributed by atoms with Crippen LogP contribution in [0, 0.1) is 16.0 Å². The summed E-state index contributed by atoms with van der Waals surface area (Å²) in [7, 11) is 0. The van der Waals surface area contributed by atoms with E-state index in [1.807, 2.05) is 6.07 Å². The molecule has 2 rings (SSSR count). The Hall–Kier alpha value is -1.91. The van der Waals surface area contributed by atoms with E-state index in [9.17, 15) is 14.9 Å². The van der Waals surface area contributed by atoms with Gasteiger partial charge in [0.05, 0.1) is 4.92 Å². The molecule has 5 nitrogen and oxygen atoms in total. The molecule has 17 heavy (non-hydrogen) atoms. The van der Waals surface area contributed by atoms with Gasteiger partial charge >= 0.3 is 0 Å². The van der Waals surface area contributed by atoms with Gasteiger partial charge in [-0.15, -0.1) is 0 Å². The summed E-state index contributed by atoms with van der Waals surface area (Å²) in [6, 6.07) is 4.96. The first-order valence-corrected chi connectivity index (χ1v) is 5.60. The van der Waals surface area contributed by atoms with E-state index in [1.165, 1.54) is 11.0 Å². The molecule has 0 unspecified atom stereocenters. The highest BCUT2D eigenvalue weighted by Crippen LogP contribution is 2.37. The fourth-order valence-corrected chi connectivity index (χ4v) is 2.11. The van der Waals surface area contributed by atoms with Crippen molar-refractivity contribution in [3.8, 4) is 0 Å². The minimum Gasteiger partial charge on any atom is -0.306 e. The molecule has 1 aliphatic heterocycles. The molecule has 1 aromatic carbocycles. The molecular weight excluding hydrogens is 220 g/mol. The quantitative estimate of drug-likeness (QED) is 0.581. The molecule has 0 aromatic heterocycles. The number of nitrogens with zero attached hydrogens (tertiary/aromatic N) is 2. The van der Waals surface area contributed by atoms with Crippen LogP contribution in [0.3, 0.4) is 0 Å². The molecule has 1 aromatic rings. The number of hydrogen-bond acceptors (Lipinski definition) is 3. The fraction of sp³-hybridized carbons (Fsp3) is 0.417. The van der Waals surface area contributed by atoms with Gasteiger partial charge in [-0.25, -0.2) is 0 Å². The Morgan fingerprint density at radius 3 is 2.76 bits per heavy atom. The molecule has 0 fully saturated rings. The van der Waals surface area contributed by atoms with Gasteiger partial charge in [-0.2, -0.15) is 0 Å². The Labute approximate surface area is 99.2 Å². The molecule has 0 N–H and O–H groups in total. The minimum absolute atomic E-state index is 0.0222. The third-order valence-corrected chi connectivity index (χ3v) is 2.93. The zero-order chi connectivity index (χ0) is 12.6. The predicted octanol–water partition coefficient (Wildman–Crippen LogP) is 2.14. The average molecular weight is 234 g/mol. The first-order valence-electron chi connectivity index (χ1n) is 5.60. The lowest BCUT2D eigenvalue weighted by atomic mass is 10.1. The third-order valence-electron chi connectivity index (χ3n) is 2.93. The molecule has 0 aliphatic carbocycles. The second-order valence-electron chi connectivity index (χ2n) is 4.44.